The van der Waals surface area contributed by atoms with Crippen LogP contribution in [0.25, 0.3) is 11.3 Å². The number of aromatic nitrogens is 2. The molecule has 14 heavy (non-hydrogen) atoms. The minimum atomic E-state index is -0.0129. The summed E-state index contributed by atoms with van der Waals surface area (Å²) in [6, 6.07) is 9.71. The monoisotopic (exact) mass is 252 g/mol. The summed E-state index contributed by atoms with van der Waals surface area (Å²) >= 11 is 3.40. The standard InChI is InChI=1S/C10H9BrN2O/c11-8-3-1-2-7(4-8)10-5-9(6-14)12-13-10/h1-5,14H,6H2,(H,12,13). The first-order valence-electron chi connectivity index (χ1n) is 4.20. The van der Waals surface area contributed by atoms with Crippen LogP contribution in [0.5, 0.6) is 0 Å². The van der Waals surface area contributed by atoms with E-state index in [-0.39, 0.29) is 6.61 Å². The number of nitrogens with one attached hydrogen (secondary N) is 1. The molecule has 1 heterocycles. The van der Waals surface area contributed by atoms with E-state index in [0.717, 1.165) is 21.4 Å². The zero-order valence-electron chi connectivity index (χ0n) is 7.37. The average molecular weight is 253 g/mol. The lowest BCUT2D eigenvalue weighted by molar-refractivity contribution is 0.276. The molecule has 2 rings (SSSR count). The first kappa shape index (κ1) is 9.43. The summed E-state index contributed by atoms with van der Waals surface area (Å²) in [5.74, 6) is 0. The first-order chi connectivity index (χ1) is 6.79. The number of rotatable bonds is 2. The van der Waals surface area contributed by atoms with Crippen LogP contribution in [-0.4, -0.2) is 15.3 Å². The van der Waals surface area contributed by atoms with Gasteiger partial charge in [-0.3, -0.25) is 5.10 Å². The fourth-order valence-electron chi connectivity index (χ4n) is 1.24. The minimum Gasteiger partial charge on any atom is -0.390 e. The van der Waals surface area contributed by atoms with Gasteiger partial charge in [0.1, 0.15) is 0 Å². The van der Waals surface area contributed by atoms with Crippen molar-refractivity contribution in [1.29, 1.82) is 0 Å². The lowest BCUT2D eigenvalue weighted by Crippen LogP contribution is -1.79. The third kappa shape index (κ3) is 1.86. The summed E-state index contributed by atoms with van der Waals surface area (Å²) in [6.07, 6.45) is 0. The number of H-pyrrole nitrogens is 1. The Morgan fingerprint density at radius 2 is 2.21 bits per heavy atom. The van der Waals surface area contributed by atoms with Crippen molar-refractivity contribution in [3.8, 4) is 11.3 Å². The summed E-state index contributed by atoms with van der Waals surface area (Å²) in [7, 11) is 0. The van der Waals surface area contributed by atoms with E-state index < -0.39 is 0 Å². The van der Waals surface area contributed by atoms with Crippen molar-refractivity contribution in [3.05, 3.63) is 40.5 Å². The van der Waals surface area contributed by atoms with E-state index in [9.17, 15) is 0 Å². The fraction of sp³-hybridized carbons (Fsp3) is 0.100. The van der Waals surface area contributed by atoms with Crippen LogP contribution >= 0.6 is 15.9 Å². The van der Waals surface area contributed by atoms with Gasteiger partial charge >= 0.3 is 0 Å². The van der Waals surface area contributed by atoms with Crippen molar-refractivity contribution in [2.45, 2.75) is 6.61 Å². The van der Waals surface area contributed by atoms with E-state index >= 15 is 0 Å². The third-order valence-electron chi connectivity index (χ3n) is 1.92. The van der Waals surface area contributed by atoms with E-state index in [2.05, 4.69) is 26.1 Å². The van der Waals surface area contributed by atoms with Gasteiger partial charge in [0.25, 0.3) is 0 Å². The van der Waals surface area contributed by atoms with Crippen molar-refractivity contribution in [2.24, 2.45) is 0 Å². The minimum absolute atomic E-state index is 0.0129. The summed E-state index contributed by atoms with van der Waals surface area (Å²) < 4.78 is 1.02. The summed E-state index contributed by atoms with van der Waals surface area (Å²) in [4.78, 5) is 0. The molecule has 0 aliphatic rings. The molecule has 0 saturated heterocycles. The van der Waals surface area contributed by atoms with E-state index in [4.69, 9.17) is 5.11 Å². The smallest absolute Gasteiger partial charge is 0.0924 e. The highest BCUT2D eigenvalue weighted by atomic mass is 79.9. The van der Waals surface area contributed by atoms with Gasteiger partial charge in [0.2, 0.25) is 0 Å². The molecule has 0 fully saturated rings. The number of aromatic amines is 1. The molecule has 0 aliphatic heterocycles. The third-order valence-corrected chi connectivity index (χ3v) is 2.41. The molecule has 0 atom stereocenters. The Hall–Kier alpha value is -1.13. The topological polar surface area (TPSA) is 48.9 Å². The molecule has 2 N–H and O–H groups in total. The lowest BCUT2D eigenvalue weighted by atomic mass is 10.1. The molecule has 4 heteroatoms. The van der Waals surface area contributed by atoms with Crippen LogP contribution in [0.3, 0.4) is 0 Å². The van der Waals surface area contributed by atoms with E-state index in [1.807, 2.05) is 30.3 Å². The molecule has 1 aromatic heterocycles. The van der Waals surface area contributed by atoms with Gasteiger partial charge in [0.15, 0.2) is 0 Å². The maximum atomic E-state index is 8.87. The quantitative estimate of drug-likeness (QED) is 0.862. The second-order valence-electron chi connectivity index (χ2n) is 2.95. The predicted molar refractivity (Wildman–Crippen MR) is 57.6 cm³/mol. The highest BCUT2D eigenvalue weighted by Crippen LogP contribution is 2.21. The number of hydrogen-bond donors (Lipinski definition) is 2. The van der Waals surface area contributed by atoms with Crippen LogP contribution in [-0.2, 0) is 6.61 Å². The van der Waals surface area contributed by atoms with Gasteiger partial charge in [0.05, 0.1) is 18.0 Å². The average Bonchev–Trinajstić information content (AvgIpc) is 2.66. The molecule has 2 aromatic rings. The molecule has 0 bridgehead atoms. The van der Waals surface area contributed by atoms with Gasteiger partial charge in [-0.25, -0.2) is 0 Å². The Morgan fingerprint density at radius 3 is 2.86 bits per heavy atom. The predicted octanol–water partition coefficient (Wildman–Crippen LogP) is 2.33. The number of halogens is 1. The van der Waals surface area contributed by atoms with Gasteiger partial charge in [-0.1, -0.05) is 28.1 Å². The highest BCUT2D eigenvalue weighted by Gasteiger charge is 2.02. The van der Waals surface area contributed by atoms with Crippen LogP contribution in [0.15, 0.2) is 34.8 Å². The maximum absolute atomic E-state index is 8.87. The number of nitrogens with zero attached hydrogens (tertiary/aromatic N) is 1. The van der Waals surface area contributed by atoms with Crippen LogP contribution in [0.2, 0.25) is 0 Å². The molecular formula is C10H9BrN2O. The van der Waals surface area contributed by atoms with Gasteiger partial charge in [0, 0.05) is 10.0 Å². The number of benzene rings is 1. The molecule has 0 saturated carbocycles. The second-order valence-corrected chi connectivity index (χ2v) is 3.86. The van der Waals surface area contributed by atoms with Crippen molar-refractivity contribution in [3.63, 3.8) is 0 Å². The molecule has 3 nitrogen and oxygen atoms in total. The zero-order valence-corrected chi connectivity index (χ0v) is 8.95. The number of aliphatic hydroxyl groups is 1. The van der Waals surface area contributed by atoms with Gasteiger partial charge < -0.3 is 5.11 Å². The SMILES string of the molecule is OCc1cc(-c2cccc(Br)c2)n[nH]1. The second kappa shape index (κ2) is 3.94. The van der Waals surface area contributed by atoms with Crippen LogP contribution in [0.1, 0.15) is 5.69 Å². The number of aliphatic hydroxyl groups excluding tert-OH is 1. The highest BCUT2D eigenvalue weighted by molar-refractivity contribution is 9.10. The molecule has 0 spiro atoms. The Morgan fingerprint density at radius 1 is 1.36 bits per heavy atom. The molecular weight excluding hydrogens is 244 g/mol. The number of hydrogen-bond acceptors (Lipinski definition) is 2. The first-order valence-corrected chi connectivity index (χ1v) is 5.00. The molecule has 0 amide bonds. The Kier molecular flexibility index (Phi) is 2.65. The van der Waals surface area contributed by atoms with Crippen LogP contribution in [0, 0.1) is 0 Å². The summed E-state index contributed by atoms with van der Waals surface area (Å²) in [6.45, 7) is -0.0129. The summed E-state index contributed by atoms with van der Waals surface area (Å²) in [5, 5.41) is 15.7. The van der Waals surface area contributed by atoms with Crippen molar-refractivity contribution in [2.75, 3.05) is 0 Å². The Bertz CT molecular complexity index is 439. The molecule has 1 aromatic carbocycles. The van der Waals surface area contributed by atoms with Gasteiger partial charge in [-0.15, -0.1) is 0 Å². The van der Waals surface area contributed by atoms with Crippen molar-refractivity contribution >= 4 is 15.9 Å². The largest absolute Gasteiger partial charge is 0.390 e. The Balaban J connectivity index is 2.39. The molecule has 0 radical (unpaired) electrons. The normalized spacial score (nSPS) is 10.4. The van der Waals surface area contributed by atoms with Crippen LogP contribution in [0.4, 0.5) is 0 Å². The van der Waals surface area contributed by atoms with Gasteiger partial charge in [-0.2, -0.15) is 5.10 Å². The zero-order chi connectivity index (χ0) is 9.97. The fourth-order valence-corrected chi connectivity index (χ4v) is 1.64. The van der Waals surface area contributed by atoms with E-state index in [1.165, 1.54) is 0 Å². The summed E-state index contributed by atoms with van der Waals surface area (Å²) in [5.41, 5.74) is 2.59. The van der Waals surface area contributed by atoms with Crippen molar-refractivity contribution < 1.29 is 5.11 Å². The van der Waals surface area contributed by atoms with Crippen LogP contribution < -0.4 is 0 Å². The van der Waals surface area contributed by atoms with E-state index in [1.54, 1.807) is 0 Å². The Labute approximate surface area is 89.9 Å². The lowest BCUT2D eigenvalue weighted by Gasteiger charge is -1.95. The maximum Gasteiger partial charge on any atom is 0.0924 e. The van der Waals surface area contributed by atoms with Crippen molar-refractivity contribution in [1.82, 2.24) is 10.2 Å². The van der Waals surface area contributed by atoms with Gasteiger partial charge in [-0.05, 0) is 18.2 Å². The molecule has 0 unspecified atom stereocenters. The molecule has 72 valence electrons. The molecule has 0 aliphatic carbocycles. The van der Waals surface area contributed by atoms with E-state index in [0.29, 0.717) is 0 Å².